The largest absolute Gasteiger partial charge is 0.465 e. The standard InChI is InChI=1S/C15H13N3O2/c1-20-15(19)13-11-16-18(12-7-3-2-4-8-12)14(13)17-9-5-6-10-17/h2-11H,1H3. The molecule has 0 amide bonds. The van der Waals surface area contributed by atoms with Crippen molar-refractivity contribution >= 4 is 5.97 Å². The molecule has 3 rings (SSSR count). The van der Waals surface area contributed by atoms with Crippen LogP contribution in [0.5, 0.6) is 0 Å². The van der Waals surface area contributed by atoms with Crippen molar-refractivity contribution in [2.75, 3.05) is 7.11 Å². The maximum Gasteiger partial charge on any atom is 0.343 e. The molecular weight excluding hydrogens is 254 g/mol. The zero-order valence-electron chi connectivity index (χ0n) is 10.9. The summed E-state index contributed by atoms with van der Waals surface area (Å²) in [4.78, 5) is 11.9. The summed E-state index contributed by atoms with van der Waals surface area (Å²) in [5, 5.41) is 4.31. The van der Waals surface area contributed by atoms with Crippen LogP contribution in [0.2, 0.25) is 0 Å². The van der Waals surface area contributed by atoms with Crippen LogP contribution < -0.4 is 0 Å². The minimum Gasteiger partial charge on any atom is -0.465 e. The van der Waals surface area contributed by atoms with Gasteiger partial charge in [-0.1, -0.05) is 18.2 Å². The molecule has 0 aliphatic rings. The average molecular weight is 267 g/mol. The summed E-state index contributed by atoms with van der Waals surface area (Å²) in [5.74, 6) is 0.254. The molecule has 2 aromatic heterocycles. The van der Waals surface area contributed by atoms with Crippen LogP contribution in [0, 0.1) is 0 Å². The van der Waals surface area contributed by atoms with E-state index in [0.717, 1.165) is 5.69 Å². The van der Waals surface area contributed by atoms with Gasteiger partial charge in [-0.05, 0) is 24.3 Å². The number of esters is 1. The lowest BCUT2D eigenvalue weighted by atomic mass is 10.3. The molecule has 0 fully saturated rings. The maximum atomic E-state index is 11.9. The Bertz CT molecular complexity index is 715. The highest BCUT2D eigenvalue weighted by Crippen LogP contribution is 2.20. The number of rotatable bonds is 3. The minimum atomic E-state index is -0.407. The Kier molecular flexibility index (Phi) is 3.09. The number of ether oxygens (including phenoxy) is 1. The van der Waals surface area contributed by atoms with E-state index >= 15 is 0 Å². The van der Waals surface area contributed by atoms with E-state index in [-0.39, 0.29) is 0 Å². The number of carbonyl (C=O) groups is 1. The molecule has 0 saturated heterocycles. The lowest BCUT2D eigenvalue weighted by Gasteiger charge is -2.10. The zero-order valence-corrected chi connectivity index (χ0v) is 10.9. The predicted octanol–water partition coefficient (Wildman–Crippen LogP) is 2.45. The van der Waals surface area contributed by atoms with Crippen molar-refractivity contribution in [3.8, 4) is 11.5 Å². The Morgan fingerprint density at radius 2 is 1.80 bits per heavy atom. The van der Waals surface area contributed by atoms with E-state index in [9.17, 15) is 4.79 Å². The smallest absolute Gasteiger partial charge is 0.343 e. The van der Waals surface area contributed by atoms with Crippen molar-refractivity contribution in [2.24, 2.45) is 0 Å². The van der Waals surface area contributed by atoms with Crippen molar-refractivity contribution in [3.05, 3.63) is 66.6 Å². The van der Waals surface area contributed by atoms with Crippen LogP contribution in [0.1, 0.15) is 10.4 Å². The molecule has 20 heavy (non-hydrogen) atoms. The van der Waals surface area contributed by atoms with E-state index in [4.69, 9.17) is 4.74 Å². The molecule has 0 unspecified atom stereocenters. The first-order valence-corrected chi connectivity index (χ1v) is 6.16. The van der Waals surface area contributed by atoms with E-state index in [0.29, 0.717) is 11.4 Å². The van der Waals surface area contributed by atoms with Gasteiger partial charge < -0.3 is 9.30 Å². The van der Waals surface area contributed by atoms with Gasteiger partial charge in [0.05, 0.1) is 19.0 Å². The summed E-state index contributed by atoms with van der Waals surface area (Å²) in [6.07, 6.45) is 5.25. The number of benzene rings is 1. The molecular formula is C15H13N3O2. The van der Waals surface area contributed by atoms with E-state index in [1.54, 1.807) is 4.68 Å². The fraction of sp³-hybridized carbons (Fsp3) is 0.0667. The molecule has 5 nitrogen and oxygen atoms in total. The molecule has 0 N–H and O–H groups in total. The van der Waals surface area contributed by atoms with Crippen molar-refractivity contribution in [2.45, 2.75) is 0 Å². The molecule has 0 radical (unpaired) electrons. The third kappa shape index (κ3) is 1.99. The average Bonchev–Trinajstić information content (AvgIpc) is 3.15. The van der Waals surface area contributed by atoms with Gasteiger partial charge in [-0.2, -0.15) is 5.10 Å². The van der Waals surface area contributed by atoms with Gasteiger partial charge in [0, 0.05) is 12.4 Å². The van der Waals surface area contributed by atoms with Crippen molar-refractivity contribution in [3.63, 3.8) is 0 Å². The van der Waals surface area contributed by atoms with Crippen LogP contribution in [0.25, 0.3) is 11.5 Å². The highest BCUT2D eigenvalue weighted by molar-refractivity contribution is 5.92. The summed E-state index contributed by atoms with van der Waals surface area (Å²) < 4.78 is 8.37. The van der Waals surface area contributed by atoms with Gasteiger partial charge in [0.2, 0.25) is 0 Å². The zero-order chi connectivity index (χ0) is 13.9. The molecule has 0 bridgehead atoms. The normalized spacial score (nSPS) is 10.4. The fourth-order valence-electron chi connectivity index (χ4n) is 2.08. The van der Waals surface area contributed by atoms with Crippen LogP contribution in [0.4, 0.5) is 0 Å². The lowest BCUT2D eigenvalue weighted by Crippen LogP contribution is -2.09. The lowest BCUT2D eigenvalue weighted by molar-refractivity contribution is 0.0601. The number of hydrogen-bond donors (Lipinski definition) is 0. The van der Waals surface area contributed by atoms with E-state index < -0.39 is 5.97 Å². The molecule has 0 atom stereocenters. The second-order valence-corrected chi connectivity index (χ2v) is 4.21. The molecule has 2 heterocycles. The van der Waals surface area contributed by atoms with Gasteiger partial charge in [0.25, 0.3) is 0 Å². The molecule has 3 aromatic rings. The van der Waals surface area contributed by atoms with Crippen LogP contribution in [-0.2, 0) is 4.74 Å². The quantitative estimate of drug-likeness (QED) is 0.685. The minimum absolute atomic E-state index is 0.407. The third-order valence-corrected chi connectivity index (χ3v) is 3.00. The van der Waals surface area contributed by atoms with Gasteiger partial charge >= 0.3 is 5.97 Å². The van der Waals surface area contributed by atoms with Crippen molar-refractivity contribution in [1.82, 2.24) is 14.3 Å². The van der Waals surface area contributed by atoms with E-state index in [2.05, 4.69) is 5.10 Å². The molecule has 100 valence electrons. The van der Waals surface area contributed by atoms with Crippen LogP contribution >= 0.6 is 0 Å². The van der Waals surface area contributed by atoms with E-state index in [1.807, 2.05) is 59.4 Å². The first kappa shape index (κ1) is 12.2. The second kappa shape index (κ2) is 5.05. The number of hydrogen-bond acceptors (Lipinski definition) is 3. The maximum absolute atomic E-state index is 11.9. The third-order valence-electron chi connectivity index (χ3n) is 3.00. The highest BCUT2D eigenvalue weighted by atomic mass is 16.5. The van der Waals surface area contributed by atoms with Crippen LogP contribution in [0.3, 0.4) is 0 Å². The van der Waals surface area contributed by atoms with Crippen LogP contribution in [0.15, 0.2) is 61.1 Å². The number of methoxy groups -OCH3 is 1. The van der Waals surface area contributed by atoms with Gasteiger partial charge in [-0.15, -0.1) is 0 Å². The SMILES string of the molecule is COC(=O)c1cnn(-c2ccccc2)c1-n1cccc1. The molecule has 5 heteroatoms. The van der Waals surface area contributed by atoms with Gasteiger partial charge in [-0.25, -0.2) is 9.48 Å². The Balaban J connectivity index is 2.22. The van der Waals surface area contributed by atoms with Gasteiger partial charge in [0.15, 0.2) is 5.82 Å². The first-order chi connectivity index (χ1) is 9.81. The van der Waals surface area contributed by atoms with Gasteiger partial charge in [0.1, 0.15) is 5.56 Å². The predicted molar refractivity (Wildman–Crippen MR) is 74.2 cm³/mol. The number of carbonyl (C=O) groups excluding carboxylic acids is 1. The number of para-hydroxylation sites is 1. The van der Waals surface area contributed by atoms with Crippen molar-refractivity contribution < 1.29 is 9.53 Å². The van der Waals surface area contributed by atoms with Crippen molar-refractivity contribution in [1.29, 1.82) is 0 Å². The number of aromatic nitrogens is 3. The van der Waals surface area contributed by atoms with E-state index in [1.165, 1.54) is 13.3 Å². The molecule has 0 aliphatic heterocycles. The first-order valence-electron chi connectivity index (χ1n) is 6.16. The molecule has 0 spiro atoms. The molecule has 0 aliphatic carbocycles. The Morgan fingerprint density at radius 3 is 2.45 bits per heavy atom. The molecule has 0 saturated carbocycles. The van der Waals surface area contributed by atoms with Crippen LogP contribution in [-0.4, -0.2) is 27.4 Å². The fourth-order valence-corrected chi connectivity index (χ4v) is 2.08. The Morgan fingerprint density at radius 1 is 1.10 bits per heavy atom. The molecule has 1 aromatic carbocycles. The van der Waals surface area contributed by atoms with Gasteiger partial charge in [-0.3, -0.25) is 0 Å². The number of nitrogens with zero attached hydrogens (tertiary/aromatic N) is 3. The Hall–Kier alpha value is -2.82. The summed E-state index contributed by atoms with van der Waals surface area (Å²) in [7, 11) is 1.36. The Labute approximate surface area is 116 Å². The summed E-state index contributed by atoms with van der Waals surface area (Å²) in [6, 6.07) is 13.4. The summed E-state index contributed by atoms with van der Waals surface area (Å²) in [5.41, 5.74) is 1.30. The second-order valence-electron chi connectivity index (χ2n) is 4.21. The summed E-state index contributed by atoms with van der Waals surface area (Å²) in [6.45, 7) is 0. The topological polar surface area (TPSA) is 49.0 Å². The monoisotopic (exact) mass is 267 g/mol. The summed E-state index contributed by atoms with van der Waals surface area (Å²) >= 11 is 0. The highest BCUT2D eigenvalue weighted by Gasteiger charge is 2.19.